The lowest BCUT2D eigenvalue weighted by Crippen LogP contribution is -2.27. The minimum absolute atomic E-state index is 0.0397. The molecule has 2 aromatic carbocycles. The maximum atomic E-state index is 12.6. The number of aromatic carboxylic acids is 1. The van der Waals surface area contributed by atoms with Crippen molar-refractivity contribution < 1.29 is 18.3 Å². The number of hydrogen-bond acceptors (Lipinski definition) is 4. The van der Waals surface area contributed by atoms with E-state index in [9.17, 15) is 18.3 Å². The second-order valence-electron chi connectivity index (χ2n) is 6.18. The van der Waals surface area contributed by atoms with Crippen molar-refractivity contribution in [1.82, 2.24) is 4.72 Å². The quantitative estimate of drug-likeness (QED) is 0.705. The van der Waals surface area contributed by atoms with Gasteiger partial charge in [0.2, 0.25) is 10.0 Å². The Morgan fingerprint density at radius 3 is 2.44 bits per heavy atom. The molecule has 1 aliphatic carbocycles. The summed E-state index contributed by atoms with van der Waals surface area (Å²) in [6.07, 6.45) is 1.99. The number of benzene rings is 2. The Morgan fingerprint density at radius 1 is 1.16 bits per heavy atom. The van der Waals surface area contributed by atoms with Gasteiger partial charge in [0.05, 0.1) is 10.5 Å². The molecule has 132 valence electrons. The van der Waals surface area contributed by atoms with Crippen LogP contribution in [0.4, 0.5) is 5.69 Å². The molecule has 0 heterocycles. The summed E-state index contributed by atoms with van der Waals surface area (Å²) in [4.78, 5) is 11.4. The van der Waals surface area contributed by atoms with E-state index < -0.39 is 22.0 Å². The van der Waals surface area contributed by atoms with Gasteiger partial charge in [-0.1, -0.05) is 30.3 Å². The number of anilines is 1. The number of carboxylic acid groups (broad SMARTS) is 1. The number of carbonyl (C=O) groups is 1. The van der Waals surface area contributed by atoms with E-state index in [0.717, 1.165) is 18.4 Å². The summed E-state index contributed by atoms with van der Waals surface area (Å²) in [5, 5.41) is 12.5. The molecule has 3 rings (SSSR count). The molecule has 2 aromatic rings. The van der Waals surface area contributed by atoms with E-state index >= 15 is 0 Å². The molecule has 0 radical (unpaired) electrons. The van der Waals surface area contributed by atoms with Crippen LogP contribution in [0.1, 0.15) is 41.7 Å². The highest BCUT2D eigenvalue weighted by Crippen LogP contribution is 2.28. The molecule has 3 N–H and O–H groups in total. The Balaban J connectivity index is 1.86. The molecule has 1 saturated carbocycles. The van der Waals surface area contributed by atoms with E-state index in [4.69, 9.17) is 0 Å². The smallest absolute Gasteiger partial charge is 0.337 e. The molecule has 7 heteroatoms. The van der Waals surface area contributed by atoms with Crippen molar-refractivity contribution >= 4 is 21.7 Å². The third kappa shape index (κ3) is 4.18. The zero-order valence-corrected chi connectivity index (χ0v) is 14.6. The lowest BCUT2D eigenvalue weighted by molar-refractivity contribution is 0.0697. The highest BCUT2D eigenvalue weighted by molar-refractivity contribution is 7.89. The molecule has 0 spiro atoms. The molecule has 0 amide bonds. The zero-order chi connectivity index (χ0) is 18.0. The van der Waals surface area contributed by atoms with Crippen LogP contribution in [0.25, 0.3) is 0 Å². The van der Waals surface area contributed by atoms with Crippen LogP contribution in [0.3, 0.4) is 0 Å². The van der Waals surface area contributed by atoms with E-state index in [1.165, 1.54) is 18.2 Å². The largest absolute Gasteiger partial charge is 0.478 e. The van der Waals surface area contributed by atoms with E-state index in [0.29, 0.717) is 5.69 Å². The van der Waals surface area contributed by atoms with Gasteiger partial charge < -0.3 is 10.4 Å². The molecule has 0 aliphatic heterocycles. The van der Waals surface area contributed by atoms with E-state index in [2.05, 4.69) is 10.0 Å². The van der Waals surface area contributed by atoms with Gasteiger partial charge in [0, 0.05) is 17.8 Å². The van der Waals surface area contributed by atoms with Crippen LogP contribution in [-0.2, 0) is 10.0 Å². The molecule has 6 nitrogen and oxygen atoms in total. The van der Waals surface area contributed by atoms with Crippen molar-refractivity contribution in [2.45, 2.75) is 36.7 Å². The lowest BCUT2D eigenvalue weighted by atomic mass is 10.1. The zero-order valence-electron chi connectivity index (χ0n) is 13.8. The Bertz CT molecular complexity index is 877. The standard InChI is InChI=1S/C18H20N2O4S/c1-12(13-5-3-2-4-6-13)20-25(23,24)15-9-10-17(19-14-7-8-14)16(11-15)18(21)22/h2-6,9-12,14,19-20H,7-8H2,1H3,(H,21,22)/t12-/m0/s1. The first-order valence-corrected chi connectivity index (χ1v) is 9.56. The van der Waals surface area contributed by atoms with Crippen molar-refractivity contribution in [3.05, 3.63) is 59.7 Å². The molecule has 25 heavy (non-hydrogen) atoms. The van der Waals surface area contributed by atoms with Crippen LogP contribution in [0.2, 0.25) is 0 Å². The summed E-state index contributed by atoms with van der Waals surface area (Å²) < 4.78 is 27.8. The van der Waals surface area contributed by atoms with Gasteiger partial charge in [0.15, 0.2) is 0 Å². The monoisotopic (exact) mass is 360 g/mol. The molecule has 0 unspecified atom stereocenters. The topological polar surface area (TPSA) is 95.5 Å². The first-order chi connectivity index (χ1) is 11.9. The number of sulfonamides is 1. The first-order valence-electron chi connectivity index (χ1n) is 8.08. The predicted octanol–water partition coefficient (Wildman–Crippen LogP) is 3.00. The van der Waals surface area contributed by atoms with Gasteiger partial charge in [0.1, 0.15) is 0 Å². The molecule has 1 aliphatic rings. The van der Waals surface area contributed by atoms with E-state index in [1.54, 1.807) is 6.92 Å². The van der Waals surface area contributed by atoms with Crippen LogP contribution in [0.15, 0.2) is 53.4 Å². The van der Waals surface area contributed by atoms with Crippen molar-refractivity contribution in [3.8, 4) is 0 Å². The van der Waals surface area contributed by atoms with Crippen LogP contribution >= 0.6 is 0 Å². The fraction of sp³-hybridized carbons (Fsp3) is 0.278. The van der Waals surface area contributed by atoms with Crippen LogP contribution in [0.5, 0.6) is 0 Å². The van der Waals surface area contributed by atoms with Gasteiger partial charge in [-0.2, -0.15) is 0 Å². The molecule has 1 fully saturated rings. The van der Waals surface area contributed by atoms with Crippen LogP contribution in [0, 0.1) is 0 Å². The van der Waals surface area contributed by atoms with Gasteiger partial charge in [0.25, 0.3) is 0 Å². The molecular weight excluding hydrogens is 340 g/mol. The SMILES string of the molecule is C[C@H](NS(=O)(=O)c1ccc(NC2CC2)c(C(=O)O)c1)c1ccccc1. The van der Waals surface area contributed by atoms with Gasteiger partial charge in [-0.05, 0) is 43.5 Å². The third-order valence-corrected chi connectivity index (χ3v) is 5.64. The summed E-state index contributed by atoms with van der Waals surface area (Å²) in [5.74, 6) is -1.16. The minimum atomic E-state index is -3.83. The summed E-state index contributed by atoms with van der Waals surface area (Å²) in [5.41, 5.74) is 1.24. The fourth-order valence-electron chi connectivity index (χ4n) is 2.55. The van der Waals surface area contributed by atoms with Crippen molar-refractivity contribution in [3.63, 3.8) is 0 Å². The minimum Gasteiger partial charge on any atom is -0.478 e. The van der Waals surface area contributed by atoms with Crippen LogP contribution in [-0.4, -0.2) is 25.5 Å². The van der Waals surface area contributed by atoms with Crippen molar-refractivity contribution in [2.75, 3.05) is 5.32 Å². The summed E-state index contributed by atoms with van der Waals surface area (Å²) in [6, 6.07) is 13.2. The average Bonchev–Trinajstić information content (AvgIpc) is 3.39. The maximum Gasteiger partial charge on any atom is 0.337 e. The molecule has 0 aromatic heterocycles. The Labute approximate surface area is 146 Å². The lowest BCUT2D eigenvalue weighted by Gasteiger charge is -2.16. The average molecular weight is 360 g/mol. The molecule has 0 bridgehead atoms. The van der Waals surface area contributed by atoms with Crippen molar-refractivity contribution in [1.29, 1.82) is 0 Å². The van der Waals surface area contributed by atoms with Gasteiger partial charge in [-0.3, -0.25) is 0 Å². The van der Waals surface area contributed by atoms with Crippen molar-refractivity contribution in [2.24, 2.45) is 0 Å². The Kier molecular flexibility index (Phi) is 4.78. The summed E-state index contributed by atoms with van der Waals surface area (Å²) in [6.45, 7) is 1.74. The number of carboxylic acids is 1. The number of nitrogens with one attached hydrogen (secondary N) is 2. The van der Waals surface area contributed by atoms with Crippen LogP contribution < -0.4 is 10.0 Å². The second kappa shape index (κ2) is 6.85. The van der Waals surface area contributed by atoms with E-state index in [-0.39, 0.29) is 16.5 Å². The Morgan fingerprint density at radius 2 is 1.84 bits per heavy atom. The highest BCUT2D eigenvalue weighted by Gasteiger charge is 2.25. The fourth-order valence-corrected chi connectivity index (χ4v) is 3.81. The predicted molar refractivity (Wildman–Crippen MR) is 95.2 cm³/mol. The van der Waals surface area contributed by atoms with Gasteiger partial charge >= 0.3 is 5.97 Å². The molecule has 0 saturated heterocycles. The first kappa shape index (κ1) is 17.4. The Hall–Kier alpha value is -2.38. The molecule has 1 atom stereocenters. The highest BCUT2D eigenvalue weighted by atomic mass is 32.2. The third-order valence-electron chi connectivity index (χ3n) is 4.10. The van der Waals surface area contributed by atoms with Gasteiger partial charge in [-0.15, -0.1) is 0 Å². The normalized spacial score (nSPS) is 15.6. The number of hydrogen-bond donors (Lipinski definition) is 3. The maximum absolute atomic E-state index is 12.6. The number of rotatable bonds is 7. The summed E-state index contributed by atoms with van der Waals surface area (Å²) in [7, 11) is -3.83. The molecular formula is C18H20N2O4S. The van der Waals surface area contributed by atoms with E-state index in [1.807, 2.05) is 30.3 Å². The summed E-state index contributed by atoms with van der Waals surface area (Å²) >= 11 is 0. The van der Waals surface area contributed by atoms with Gasteiger partial charge in [-0.25, -0.2) is 17.9 Å². The second-order valence-corrected chi connectivity index (χ2v) is 7.90.